The molecule has 0 heterocycles. The van der Waals surface area contributed by atoms with Crippen molar-refractivity contribution in [2.45, 2.75) is 31.2 Å². The van der Waals surface area contributed by atoms with Gasteiger partial charge in [0.1, 0.15) is 0 Å². The summed E-state index contributed by atoms with van der Waals surface area (Å²) in [4.78, 5) is 11.0. The number of nitrogens with two attached hydrogens (primary N) is 1. The third kappa shape index (κ3) is 0.568. The first-order chi connectivity index (χ1) is 4.21. The Hall–Kier alpha value is -0.370. The largest absolute Gasteiger partial charge is 0.319 e. The first-order valence-electron chi connectivity index (χ1n) is 3.53. The van der Waals surface area contributed by atoms with Gasteiger partial charge in [-0.3, -0.25) is 4.79 Å². The van der Waals surface area contributed by atoms with Gasteiger partial charge in [-0.05, 0) is 25.2 Å². The van der Waals surface area contributed by atoms with Crippen LogP contribution >= 0.6 is 0 Å². The molecule has 2 saturated carbocycles. The van der Waals surface area contributed by atoms with Crippen LogP contribution in [0.1, 0.15) is 25.7 Å². The number of carbonyl (C=O) groups excluding carboxylic acids is 1. The molecule has 2 aliphatic carbocycles. The lowest BCUT2D eigenvalue weighted by atomic mass is 9.94. The van der Waals surface area contributed by atoms with E-state index in [1.807, 2.05) is 0 Å². The average molecular weight is 125 g/mol. The van der Waals surface area contributed by atoms with Gasteiger partial charge in [0.25, 0.3) is 0 Å². The maximum atomic E-state index is 11.0. The highest BCUT2D eigenvalue weighted by Crippen LogP contribution is 2.43. The SMILES string of the molecule is N[C@@]12CC[C@H](CC1=O)C2. The van der Waals surface area contributed by atoms with Crippen molar-refractivity contribution in [3.8, 4) is 0 Å². The Kier molecular flexibility index (Phi) is 0.826. The Balaban J connectivity index is 2.32. The zero-order chi connectivity index (χ0) is 6.48. The molecule has 2 bridgehead atoms. The van der Waals surface area contributed by atoms with Crippen LogP contribution in [0.15, 0.2) is 0 Å². The molecule has 2 aliphatic rings. The number of hydrogen-bond acceptors (Lipinski definition) is 2. The first-order valence-corrected chi connectivity index (χ1v) is 3.53. The van der Waals surface area contributed by atoms with Crippen LogP contribution in [0.25, 0.3) is 0 Å². The van der Waals surface area contributed by atoms with Crippen molar-refractivity contribution < 1.29 is 4.79 Å². The van der Waals surface area contributed by atoms with Crippen molar-refractivity contribution in [1.82, 2.24) is 0 Å². The fourth-order valence-corrected chi connectivity index (χ4v) is 2.07. The lowest BCUT2D eigenvalue weighted by molar-refractivity contribution is -0.122. The number of rotatable bonds is 0. The number of Topliss-reactive ketones (excluding diaryl/α,β-unsaturated/α-hetero) is 1. The molecule has 2 fully saturated rings. The van der Waals surface area contributed by atoms with Gasteiger partial charge in [0.15, 0.2) is 5.78 Å². The minimum atomic E-state index is -0.370. The second-order valence-electron chi connectivity index (χ2n) is 3.39. The fourth-order valence-electron chi connectivity index (χ4n) is 2.07. The molecule has 0 aromatic carbocycles. The molecule has 0 aliphatic heterocycles. The highest BCUT2D eigenvalue weighted by atomic mass is 16.1. The van der Waals surface area contributed by atoms with Gasteiger partial charge in [0.05, 0.1) is 5.54 Å². The zero-order valence-electron chi connectivity index (χ0n) is 5.39. The average Bonchev–Trinajstić information content (AvgIpc) is 2.22. The molecule has 50 valence electrons. The van der Waals surface area contributed by atoms with E-state index in [1.54, 1.807) is 0 Å². The predicted octanol–water partition coefficient (Wildman–Crippen LogP) is 0.457. The van der Waals surface area contributed by atoms with E-state index >= 15 is 0 Å². The molecule has 0 unspecified atom stereocenters. The second-order valence-corrected chi connectivity index (χ2v) is 3.39. The van der Waals surface area contributed by atoms with Crippen molar-refractivity contribution in [1.29, 1.82) is 0 Å². The third-order valence-corrected chi connectivity index (χ3v) is 2.68. The molecule has 0 saturated heterocycles. The van der Waals surface area contributed by atoms with Gasteiger partial charge in [0, 0.05) is 6.42 Å². The smallest absolute Gasteiger partial charge is 0.152 e. The van der Waals surface area contributed by atoms with Crippen molar-refractivity contribution in [3.63, 3.8) is 0 Å². The van der Waals surface area contributed by atoms with Gasteiger partial charge in [-0.1, -0.05) is 0 Å². The van der Waals surface area contributed by atoms with E-state index < -0.39 is 0 Å². The van der Waals surface area contributed by atoms with Crippen molar-refractivity contribution in [3.05, 3.63) is 0 Å². The summed E-state index contributed by atoms with van der Waals surface area (Å²) in [6, 6.07) is 0. The van der Waals surface area contributed by atoms with Crippen molar-refractivity contribution in [2.24, 2.45) is 11.7 Å². The first kappa shape index (κ1) is 5.42. The van der Waals surface area contributed by atoms with Crippen LogP contribution in [-0.2, 0) is 4.79 Å². The van der Waals surface area contributed by atoms with Crippen molar-refractivity contribution >= 4 is 5.78 Å². The third-order valence-electron chi connectivity index (χ3n) is 2.68. The van der Waals surface area contributed by atoms with Crippen LogP contribution in [0.3, 0.4) is 0 Å². The lowest BCUT2D eigenvalue weighted by Crippen LogP contribution is -2.42. The molecule has 2 N–H and O–H groups in total. The molecule has 2 rings (SSSR count). The number of carbonyl (C=O) groups is 1. The van der Waals surface area contributed by atoms with Crippen molar-refractivity contribution in [2.75, 3.05) is 0 Å². The standard InChI is InChI=1S/C7H11NO/c8-7-2-1-5(4-7)3-6(7)9/h5H,1-4,8H2/t5-,7-/m1/s1. The van der Waals surface area contributed by atoms with E-state index in [9.17, 15) is 4.79 Å². The minimum Gasteiger partial charge on any atom is -0.319 e. The van der Waals surface area contributed by atoms with E-state index in [1.165, 1.54) is 6.42 Å². The molecular weight excluding hydrogens is 114 g/mol. The lowest BCUT2D eigenvalue weighted by Gasteiger charge is -2.17. The monoisotopic (exact) mass is 125 g/mol. The summed E-state index contributed by atoms with van der Waals surface area (Å²) in [7, 11) is 0. The van der Waals surface area contributed by atoms with Gasteiger partial charge in [-0.15, -0.1) is 0 Å². The summed E-state index contributed by atoms with van der Waals surface area (Å²) in [5.74, 6) is 0.946. The summed E-state index contributed by atoms with van der Waals surface area (Å²) in [5, 5.41) is 0. The highest BCUT2D eigenvalue weighted by molar-refractivity contribution is 5.91. The molecule has 0 aromatic rings. The number of hydrogen-bond donors (Lipinski definition) is 1. The van der Waals surface area contributed by atoms with Gasteiger partial charge in [-0.2, -0.15) is 0 Å². The van der Waals surface area contributed by atoms with Crippen LogP contribution < -0.4 is 5.73 Å². The molecule has 0 spiro atoms. The van der Waals surface area contributed by atoms with E-state index in [0.29, 0.717) is 11.7 Å². The van der Waals surface area contributed by atoms with E-state index in [0.717, 1.165) is 19.3 Å². The van der Waals surface area contributed by atoms with Gasteiger partial charge in [0.2, 0.25) is 0 Å². The molecule has 2 nitrogen and oxygen atoms in total. The van der Waals surface area contributed by atoms with Crippen LogP contribution in [-0.4, -0.2) is 11.3 Å². The Morgan fingerprint density at radius 3 is 2.67 bits per heavy atom. The van der Waals surface area contributed by atoms with Gasteiger partial charge < -0.3 is 5.73 Å². The molecule has 0 amide bonds. The molecule has 0 aromatic heterocycles. The summed E-state index contributed by atoms with van der Waals surface area (Å²) < 4.78 is 0. The van der Waals surface area contributed by atoms with Crippen LogP contribution in [0, 0.1) is 5.92 Å². The van der Waals surface area contributed by atoms with E-state index in [-0.39, 0.29) is 5.54 Å². The van der Waals surface area contributed by atoms with E-state index in [2.05, 4.69) is 0 Å². The zero-order valence-corrected chi connectivity index (χ0v) is 5.39. The maximum Gasteiger partial charge on any atom is 0.152 e. The normalized spacial score (nSPS) is 48.6. The Labute approximate surface area is 54.4 Å². The predicted molar refractivity (Wildman–Crippen MR) is 33.9 cm³/mol. The quantitative estimate of drug-likeness (QED) is 0.511. The molecule has 9 heavy (non-hydrogen) atoms. The molecule has 2 atom stereocenters. The maximum absolute atomic E-state index is 11.0. The Bertz CT molecular complexity index is 166. The minimum absolute atomic E-state index is 0.304. The number of fused-ring (bicyclic) bond motifs is 2. The summed E-state index contributed by atoms with van der Waals surface area (Å²) in [6.45, 7) is 0. The van der Waals surface area contributed by atoms with Crippen LogP contribution in [0.5, 0.6) is 0 Å². The van der Waals surface area contributed by atoms with Crippen LogP contribution in [0.4, 0.5) is 0 Å². The second kappa shape index (κ2) is 1.37. The fraction of sp³-hybridized carbons (Fsp3) is 0.857. The van der Waals surface area contributed by atoms with Crippen LogP contribution in [0.2, 0.25) is 0 Å². The Morgan fingerprint density at radius 1 is 1.67 bits per heavy atom. The molecule has 0 radical (unpaired) electrons. The van der Waals surface area contributed by atoms with Gasteiger partial charge >= 0.3 is 0 Å². The molecular formula is C7H11NO. The number of ketones is 1. The summed E-state index contributed by atoms with van der Waals surface area (Å²) in [6.07, 6.45) is 3.85. The summed E-state index contributed by atoms with van der Waals surface area (Å²) >= 11 is 0. The molecule has 2 heteroatoms. The topological polar surface area (TPSA) is 43.1 Å². The Morgan fingerprint density at radius 2 is 2.44 bits per heavy atom. The van der Waals surface area contributed by atoms with E-state index in [4.69, 9.17) is 5.73 Å². The van der Waals surface area contributed by atoms with Gasteiger partial charge in [-0.25, -0.2) is 0 Å². The summed E-state index contributed by atoms with van der Waals surface area (Å²) in [5.41, 5.74) is 5.42. The highest BCUT2D eigenvalue weighted by Gasteiger charge is 2.48.